The molecule has 0 saturated carbocycles. The van der Waals surface area contributed by atoms with Gasteiger partial charge in [0, 0.05) is 29.1 Å². The van der Waals surface area contributed by atoms with Crippen molar-refractivity contribution in [3.63, 3.8) is 0 Å². The standard InChI is InChI=1S/C15H21ClN2O2.ClH/c1-10-7-11(5-6-17-10)15(19)18-9-12-8-13(16)3-4-14(12)20-2;/h3-4,8,10-11,17H,5-7,9H2,1-2H3,(H,18,19);1H/t10-,11-;/m0./s1. The van der Waals surface area contributed by atoms with E-state index in [0.29, 0.717) is 17.6 Å². The molecular formula is C15H22Cl2N2O2. The lowest BCUT2D eigenvalue weighted by Crippen LogP contribution is -2.42. The van der Waals surface area contributed by atoms with Crippen LogP contribution in [0.1, 0.15) is 25.3 Å². The number of hydrogen-bond acceptors (Lipinski definition) is 3. The molecule has 21 heavy (non-hydrogen) atoms. The van der Waals surface area contributed by atoms with Crippen molar-refractivity contribution < 1.29 is 9.53 Å². The number of methoxy groups -OCH3 is 1. The van der Waals surface area contributed by atoms with E-state index in [0.717, 1.165) is 30.7 Å². The molecule has 2 N–H and O–H groups in total. The van der Waals surface area contributed by atoms with Crippen molar-refractivity contribution in [1.82, 2.24) is 10.6 Å². The molecule has 1 aliphatic heterocycles. The third-order valence-corrected chi connectivity index (χ3v) is 3.93. The van der Waals surface area contributed by atoms with Gasteiger partial charge in [-0.05, 0) is 44.5 Å². The Kier molecular flexibility index (Phi) is 7.29. The number of amides is 1. The lowest BCUT2D eigenvalue weighted by Gasteiger charge is -2.27. The summed E-state index contributed by atoms with van der Waals surface area (Å²) in [6.07, 6.45) is 1.78. The SMILES string of the molecule is COc1ccc(Cl)cc1CNC(=O)[C@H]1CCN[C@@H](C)C1.Cl. The number of halogens is 2. The minimum atomic E-state index is 0. The first-order valence-electron chi connectivity index (χ1n) is 6.93. The first-order chi connectivity index (χ1) is 9.60. The third-order valence-electron chi connectivity index (χ3n) is 3.69. The van der Waals surface area contributed by atoms with Crippen molar-refractivity contribution in [2.75, 3.05) is 13.7 Å². The van der Waals surface area contributed by atoms with Crippen LogP contribution < -0.4 is 15.4 Å². The van der Waals surface area contributed by atoms with Gasteiger partial charge in [0.2, 0.25) is 5.91 Å². The van der Waals surface area contributed by atoms with E-state index in [-0.39, 0.29) is 24.2 Å². The quantitative estimate of drug-likeness (QED) is 0.891. The van der Waals surface area contributed by atoms with Crippen LogP contribution in [0.4, 0.5) is 0 Å². The van der Waals surface area contributed by atoms with Gasteiger partial charge < -0.3 is 15.4 Å². The molecular weight excluding hydrogens is 311 g/mol. The van der Waals surface area contributed by atoms with Crippen LogP contribution in [-0.2, 0) is 11.3 Å². The van der Waals surface area contributed by atoms with Crippen molar-refractivity contribution in [2.45, 2.75) is 32.4 Å². The zero-order valence-corrected chi connectivity index (χ0v) is 13.9. The average Bonchev–Trinajstić information content (AvgIpc) is 2.45. The Labute approximate surface area is 137 Å². The van der Waals surface area contributed by atoms with E-state index in [2.05, 4.69) is 17.6 Å². The highest BCUT2D eigenvalue weighted by Crippen LogP contribution is 2.23. The Morgan fingerprint density at radius 3 is 2.95 bits per heavy atom. The van der Waals surface area contributed by atoms with Gasteiger partial charge in [0.15, 0.2) is 0 Å². The molecule has 2 atom stereocenters. The highest BCUT2D eigenvalue weighted by molar-refractivity contribution is 6.30. The second-order valence-corrected chi connectivity index (χ2v) is 5.69. The number of ether oxygens (including phenoxy) is 1. The number of carbonyl (C=O) groups is 1. The van der Waals surface area contributed by atoms with Crippen LogP contribution >= 0.6 is 24.0 Å². The maximum absolute atomic E-state index is 12.2. The minimum absolute atomic E-state index is 0. The summed E-state index contributed by atoms with van der Waals surface area (Å²) < 4.78 is 5.28. The van der Waals surface area contributed by atoms with Crippen LogP contribution in [-0.4, -0.2) is 25.6 Å². The molecule has 1 amide bonds. The molecule has 1 fully saturated rings. The highest BCUT2D eigenvalue weighted by atomic mass is 35.5. The Hall–Kier alpha value is -0.970. The fourth-order valence-corrected chi connectivity index (χ4v) is 2.78. The Balaban J connectivity index is 0.00000220. The van der Waals surface area contributed by atoms with Crippen LogP contribution in [0.3, 0.4) is 0 Å². The fraction of sp³-hybridized carbons (Fsp3) is 0.533. The molecule has 1 aliphatic rings. The molecule has 118 valence electrons. The predicted octanol–water partition coefficient (Wildman–Crippen LogP) is 2.77. The zero-order valence-electron chi connectivity index (χ0n) is 12.3. The van der Waals surface area contributed by atoms with Gasteiger partial charge in [-0.2, -0.15) is 0 Å². The molecule has 0 bridgehead atoms. The van der Waals surface area contributed by atoms with Crippen LogP contribution in [0.15, 0.2) is 18.2 Å². The van der Waals surface area contributed by atoms with Crippen molar-refractivity contribution >= 4 is 29.9 Å². The van der Waals surface area contributed by atoms with E-state index in [1.807, 2.05) is 12.1 Å². The van der Waals surface area contributed by atoms with Crippen LogP contribution in [0.5, 0.6) is 5.75 Å². The van der Waals surface area contributed by atoms with Crippen LogP contribution in [0, 0.1) is 5.92 Å². The largest absolute Gasteiger partial charge is 0.496 e. The maximum atomic E-state index is 12.2. The van der Waals surface area contributed by atoms with Crippen molar-refractivity contribution in [2.24, 2.45) is 5.92 Å². The molecule has 1 heterocycles. The number of hydrogen-bond donors (Lipinski definition) is 2. The van der Waals surface area contributed by atoms with Gasteiger partial charge in [0.1, 0.15) is 5.75 Å². The summed E-state index contributed by atoms with van der Waals surface area (Å²) in [6.45, 7) is 3.46. The molecule has 0 radical (unpaired) electrons. The first kappa shape index (κ1) is 18.1. The fourth-order valence-electron chi connectivity index (χ4n) is 2.58. The Morgan fingerprint density at radius 2 is 2.29 bits per heavy atom. The molecule has 0 aliphatic carbocycles. The smallest absolute Gasteiger partial charge is 0.223 e. The van der Waals surface area contributed by atoms with Gasteiger partial charge >= 0.3 is 0 Å². The number of rotatable bonds is 4. The Bertz CT molecular complexity index is 483. The second kappa shape index (κ2) is 8.47. The summed E-state index contributed by atoms with van der Waals surface area (Å²) >= 11 is 5.98. The molecule has 0 spiro atoms. The van der Waals surface area contributed by atoms with Gasteiger partial charge in [-0.15, -0.1) is 12.4 Å². The lowest BCUT2D eigenvalue weighted by atomic mass is 9.92. The van der Waals surface area contributed by atoms with E-state index in [4.69, 9.17) is 16.3 Å². The predicted molar refractivity (Wildman–Crippen MR) is 87.3 cm³/mol. The van der Waals surface area contributed by atoms with E-state index >= 15 is 0 Å². The van der Waals surface area contributed by atoms with Crippen molar-refractivity contribution in [3.8, 4) is 5.75 Å². The summed E-state index contributed by atoms with van der Waals surface area (Å²) in [4.78, 5) is 12.2. The monoisotopic (exact) mass is 332 g/mol. The van der Waals surface area contributed by atoms with E-state index in [9.17, 15) is 4.79 Å². The highest BCUT2D eigenvalue weighted by Gasteiger charge is 2.24. The van der Waals surface area contributed by atoms with Gasteiger partial charge in [0.05, 0.1) is 7.11 Å². The Morgan fingerprint density at radius 1 is 1.52 bits per heavy atom. The molecule has 1 aromatic rings. The number of piperidine rings is 1. The summed E-state index contributed by atoms with van der Waals surface area (Å²) in [5.41, 5.74) is 0.898. The van der Waals surface area contributed by atoms with E-state index in [1.54, 1.807) is 13.2 Å². The number of benzene rings is 1. The van der Waals surface area contributed by atoms with E-state index in [1.165, 1.54) is 0 Å². The third kappa shape index (κ3) is 5.06. The molecule has 0 aromatic heterocycles. The molecule has 0 unspecified atom stereocenters. The van der Waals surface area contributed by atoms with Crippen molar-refractivity contribution in [1.29, 1.82) is 0 Å². The van der Waals surface area contributed by atoms with Crippen LogP contribution in [0.2, 0.25) is 5.02 Å². The number of nitrogens with one attached hydrogen (secondary N) is 2. The van der Waals surface area contributed by atoms with Gasteiger partial charge in [0.25, 0.3) is 0 Å². The molecule has 1 saturated heterocycles. The maximum Gasteiger partial charge on any atom is 0.223 e. The van der Waals surface area contributed by atoms with Gasteiger partial charge in [-0.25, -0.2) is 0 Å². The summed E-state index contributed by atoms with van der Waals surface area (Å²) in [5, 5.41) is 6.98. The van der Waals surface area contributed by atoms with Gasteiger partial charge in [-0.3, -0.25) is 4.79 Å². The first-order valence-corrected chi connectivity index (χ1v) is 7.31. The molecule has 6 heteroatoms. The normalized spacial score (nSPS) is 21.3. The zero-order chi connectivity index (χ0) is 14.5. The molecule has 2 rings (SSSR count). The van der Waals surface area contributed by atoms with Crippen molar-refractivity contribution in [3.05, 3.63) is 28.8 Å². The van der Waals surface area contributed by atoms with Crippen LogP contribution in [0.25, 0.3) is 0 Å². The van der Waals surface area contributed by atoms with E-state index < -0.39 is 0 Å². The topological polar surface area (TPSA) is 50.4 Å². The summed E-state index contributed by atoms with van der Waals surface area (Å²) in [6, 6.07) is 5.82. The lowest BCUT2D eigenvalue weighted by molar-refractivity contribution is -0.126. The minimum Gasteiger partial charge on any atom is -0.496 e. The van der Waals surface area contributed by atoms with Gasteiger partial charge in [-0.1, -0.05) is 11.6 Å². The summed E-state index contributed by atoms with van der Waals surface area (Å²) in [7, 11) is 1.61. The average molecular weight is 333 g/mol. The summed E-state index contributed by atoms with van der Waals surface area (Å²) in [5.74, 6) is 0.949. The second-order valence-electron chi connectivity index (χ2n) is 5.25. The molecule has 1 aromatic carbocycles. The molecule has 4 nitrogen and oxygen atoms in total. The number of carbonyl (C=O) groups excluding carboxylic acids is 1.